The summed E-state index contributed by atoms with van der Waals surface area (Å²) < 4.78 is 7.63. The molecule has 0 unspecified atom stereocenters. The lowest BCUT2D eigenvalue weighted by Crippen LogP contribution is -2.16. The van der Waals surface area contributed by atoms with Gasteiger partial charge in [0, 0.05) is 29.2 Å². The zero-order chi connectivity index (χ0) is 19.7. The van der Waals surface area contributed by atoms with Gasteiger partial charge in [-0.25, -0.2) is 0 Å². The van der Waals surface area contributed by atoms with Crippen LogP contribution in [0.2, 0.25) is 0 Å². The first-order valence-corrected chi connectivity index (χ1v) is 9.68. The summed E-state index contributed by atoms with van der Waals surface area (Å²) in [6, 6.07) is 14.0. The van der Waals surface area contributed by atoms with Gasteiger partial charge in [-0.05, 0) is 68.5 Å². The Balaban J connectivity index is 1.69. The Hall–Kier alpha value is -3.13. The summed E-state index contributed by atoms with van der Waals surface area (Å²) >= 11 is 0. The topological polar surface area (TPSA) is 67.9 Å². The van der Waals surface area contributed by atoms with E-state index in [2.05, 4.69) is 15.6 Å². The molecule has 0 spiro atoms. The van der Waals surface area contributed by atoms with Crippen LogP contribution in [0.1, 0.15) is 42.8 Å². The van der Waals surface area contributed by atoms with Crippen molar-refractivity contribution in [2.24, 2.45) is 5.92 Å². The van der Waals surface area contributed by atoms with E-state index in [9.17, 15) is 10.1 Å². The van der Waals surface area contributed by atoms with Crippen LogP contribution < -0.4 is 0 Å². The standard InChI is InChI=1S/C23H23N3O2/c1-15(2)28-23(27)12-17-10-20-19-9-16(13-24)6-7-21(19)26(22(20)11-17)14-18-5-3-4-8-25-18/h3-9,15,17H,10-12,14H2,1-2H3/t17-/m0/s1. The van der Waals surface area contributed by atoms with E-state index in [1.165, 1.54) is 11.3 Å². The minimum absolute atomic E-state index is 0.0896. The van der Waals surface area contributed by atoms with Crippen LogP contribution in [0.3, 0.4) is 0 Å². The number of esters is 1. The molecule has 0 radical (unpaired) electrons. The largest absolute Gasteiger partial charge is 0.463 e. The molecule has 1 atom stereocenters. The van der Waals surface area contributed by atoms with E-state index >= 15 is 0 Å². The van der Waals surface area contributed by atoms with Gasteiger partial charge in [0.15, 0.2) is 0 Å². The van der Waals surface area contributed by atoms with Crippen molar-refractivity contribution in [1.82, 2.24) is 9.55 Å². The van der Waals surface area contributed by atoms with Crippen molar-refractivity contribution in [3.63, 3.8) is 0 Å². The molecule has 0 bridgehead atoms. The van der Waals surface area contributed by atoms with Gasteiger partial charge in [-0.2, -0.15) is 5.26 Å². The number of nitriles is 1. The van der Waals surface area contributed by atoms with Gasteiger partial charge < -0.3 is 9.30 Å². The molecular formula is C23H23N3O2. The maximum atomic E-state index is 12.1. The third kappa shape index (κ3) is 3.50. The molecule has 1 aliphatic rings. The maximum absolute atomic E-state index is 12.1. The molecule has 0 saturated carbocycles. The molecule has 28 heavy (non-hydrogen) atoms. The molecule has 0 amide bonds. The van der Waals surface area contributed by atoms with Crippen LogP contribution in [0.5, 0.6) is 0 Å². The number of hydrogen-bond donors (Lipinski definition) is 0. The summed E-state index contributed by atoms with van der Waals surface area (Å²) in [5.41, 5.74) is 5.28. The quantitative estimate of drug-likeness (QED) is 0.634. The van der Waals surface area contributed by atoms with Crippen molar-refractivity contribution in [3.05, 3.63) is 65.1 Å². The smallest absolute Gasteiger partial charge is 0.306 e. The average Bonchev–Trinajstić information content (AvgIpc) is 3.19. The molecule has 0 saturated heterocycles. The molecule has 5 heteroatoms. The van der Waals surface area contributed by atoms with E-state index < -0.39 is 0 Å². The first-order chi connectivity index (χ1) is 13.5. The van der Waals surface area contributed by atoms with Crippen molar-refractivity contribution < 1.29 is 9.53 Å². The molecule has 142 valence electrons. The van der Waals surface area contributed by atoms with Crippen LogP contribution in [0.4, 0.5) is 0 Å². The molecule has 0 fully saturated rings. The second-order valence-electron chi connectivity index (χ2n) is 7.69. The third-order valence-corrected chi connectivity index (χ3v) is 5.26. The highest BCUT2D eigenvalue weighted by Gasteiger charge is 2.30. The molecule has 0 N–H and O–H groups in total. The summed E-state index contributed by atoms with van der Waals surface area (Å²) in [7, 11) is 0. The number of carbonyl (C=O) groups excluding carboxylic acids is 1. The van der Waals surface area contributed by atoms with Crippen LogP contribution in [-0.4, -0.2) is 21.6 Å². The number of fused-ring (bicyclic) bond motifs is 3. The second kappa shape index (κ2) is 7.47. The molecular weight excluding hydrogens is 350 g/mol. The van der Waals surface area contributed by atoms with Crippen LogP contribution in [0.25, 0.3) is 10.9 Å². The van der Waals surface area contributed by atoms with Gasteiger partial charge in [0.2, 0.25) is 0 Å². The van der Waals surface area contributed by atoms with E-state index in [0.717, 1.165) is 29.4 Å². The van der Waals surface area contributed by atoms with Gasteiger partial charge in [-0.3, -0.25) is 9.78 Å². The van der Waals surface area contributed by atoms with Crippen molar-refractivity contribution in [1.29, 1.82) is 5.26 Å². The number of carbonyl (C=O) groups is 1. The summed E-state index contributed by atoms with van der Waals surface area (Å²) in [6.07, 6.45) is 3.82. The summed E-state index contributed by atoms with van der Waals surface area (Å²) in [5.74, 6) is 0.102. The van der Waals surface area contributed by atoms with Crippen LogP contribution in [0, 0.1) is 17.2 Å². The predicted octanol–water partition coefficient (Wildman–Crippen LogP) is 4.01. The Morgan fingerprint density at radius 2 is 2.18 bits per heavy atom. The number of benzene rings is 1. The lowest BCUT2D eigenvalue weighted by Gasteiger charge is -2.14. The normalized spacial score (nSPS) is 15.6. The molecule has 0 aliphatic heterocycles. The maximum Gasteiger partial charge on any atom is 0.306 e. The SMILES string of the molecule is CC(C)OC(=O)C[C@H]1Cc2c(n(Cc3ccccn3)c3ccc(C#N)cc23)C1. The summed E-state index contributed by atoms with van der Waals surface area (Å²) in [4.78, 5) is 16.6. The fourth-order valence-corrected chi connectivity index (χ4v) is 4.17. The predicted molar refractivity (Wildman–Crippen MR) is 107 cm³/mol. The first-order valence-electron chi connectivity index (χ1n) is 9.68. The highest BCUT2D eigenvalue weighted by Crippen LogP contribution is 2.38. The van der Waals surface area contributed by atoms with Gasteiger partial charge in [0.1, 0.15) is 0 Å². The van der Waals surface area contributed by atoms with Crippen molar-refractivity contribution >= 4 is 16.9 Å². The Kier molecular flexibility index (Phi) is 4.87. The number of hydrogen-bond acceptors (Lipinski definition) is 4. The molecule has 2 heterocycles. The summed E-state index contributed by atoms with van der Waals surface area (Å²) in [5, 5.41) is 10.4. The Labute approximate surface area is 164 Å². The minimum atomic E-state index is -0.136. The van der Waals surface area contributed by atoms with Crippen LogP contribution in [0.15, 0.2) is 42.6 Å². The minimum Gasteiger partial charge on any atom is -0.463 e. The van der Waals surface area contributed by atoms with Crippen LogP contribution in [-0.2, 0) is 28.9 Å². The van der Waals surface area contributed by atoms with Crippen molar-refractivity contribution in [2.45, 2.75) is 45.8 Å². The Morgan fingerprint density at radius 1 is 1.32 bits per heavy atom. The average molecular weight is 373 g/mol. The van der Waals surface area contributed by atoms with Gasteiger partial charge >= 0.3 is 5.97 Å². The fraction of sp³-hybridized carbons (Fsp3) is 0.348. The number of aromatic nitrogens is 2. The lowest BCUT2D eigenvalue weighted by molar-refractivity contribution is -0.148. The molecule has 5 nitrogen and oxygen atoms in total. The van der Waals surface area contributed by atoms with E-state index in [-0.39, 0.29) is 18.0 Å². The number of rotatable bonds is 5. The van der Waals surface area contributed by atoms with E-state index in [1.807, 2.05) is 50.2 Å². The zero-order valence-corrected chi connectivity index (χ0v) is 16.2. The number of ether oxygens (including phenoxy) is 1. The zero-order valence-electron chi connectivity index (χ0n) is 16.2. The van der Waals surface area contributed by atoms with E-state index in [1.54, 1.807) is 6.20 Å². The van der Waals surface area contributed by atoms with Crippen molar-refractivity contribution in [3.8, 4) is 6.07 Å². The van der Waals surface area contributed by atoms with Gasteiger partial charge in [-0.1, -0.05) is 6.07 Å². The van der Waals surface area contributed by atoms with Gasteiger partial charge in [0.05, 0.1) is 30.0 Å². The monoisotopic (exact) mass is 373 g/mol. The van der Waals surface area contributed by atoms with E-state index in [0.29, 0.717) is 18.5 Å². The second-order valence-corrected chi connectivity index (χ2v) is 7.69. The summed E-state index contributed by atoms with van der Waals surface area (Å²) in [6.45, 7) is 4.43. The molecule has 4 rings (SSSR count). The van der Waals surface area contributed by atoms with Crippen LogP contribution >= 0.6 is 0 Å². The highest BCUT2D eigenvalue weighted by atomic mass is 16.5. The molecule has 1 aliphatic carbocycles. The molecule has 2 aromatic heterocycles. The fourth-order valence-electron chi connectivity index (χ4n) is 4.17. The van der Waals surface area contributed by atoms with Crippen molar-refractivity contribution in [2.75, 3.05) is 0 Å². The molecule has 1 aromatic carbocycles. The van der Waals surface area contributed by atoms with Gasteiger partial charge in [-0.15, -0.1) is 0 Å². The number of pyridine rings is 1. The highest BCUT2D eigenvalue weighted by molar-refractivity contribution is 5.88. The number of nitrogens with zero attached hydrogens (tertiary/aromatic N) is 3. The Morgan fingerprint density at radius 3 is 2.89 bits per heavy atom. The lowest BCUT2D eigenvalue weighted by atomic mass is 10.0. The van der Waals surface area contributed by atoms with E-state index in [4.69, 9.17) is 4.74 Å². The Bertz CT molecular complexity index is 1060. The molecule has 3 aromatic rings. The first kappa shape index (κ1) is 18.2. The third-order valence-electron chi connectivity index (χ3n) is 5.26. The van der Waals surface area contributed by atoms with Gasteiger partial charge in [0.25, 0.3) is 0 Å².